The second-order valence-corrected chi connectivity index (χ2v) is 8.15. The number of ether oxygens (including phenoxy) is 1. The number of rotatable bonds is 5. The molecular weight excluding hydrogens is 332 g/mol. The minimum absolute atomic E-state index is 0.244. The maximum Gasteiger partial charge on any atom is 0.246 e. The van der Waals surface area contributed by atoms with E-state index in [1.54, 1.807) is 39.9 Å². The molecule has 2 aromatic rings. The minimum atomic E-state index is -3.51. The summed E-state index contributed by atoms with van der Waals surface area (Å²) in [6.45, 7) is 3.37. The highest BCUT2D eigenvalue weighted by atomic mass is 32.2. The van der Waals surface area contributed by atoms with E-state index in [1.165, 1.54) is 12.7 Å². The van der Waals surface area contributed by atoms with Crippen molar-refractivity contribution in [1.29, 1.82) is 0 Å². The van der Waals surface area contributed by atoms with Crippen LogP contribution in [0.3, 0.4) is 0 Å². The van der Waals surface area contributed by atoms with E-state index in [-0.39, 0.29) is 4.90 Å². The van der Waals surface area contributed by atoms with Gasteiger partial charge in [0.25, 0.3) is 0 Å². The first kappa shape index (κ1) is 16.4. The normalized spacial score (nSPS) is 17.3. The maximum atomic E-state index is 12.8. The predicted molar refractivity (Wildman–Crippen MR) is 91.3 cm³/mol. The summed E-state index contributed by atoms with van der Waals surface area (Å²) in [5.41, 5.74) is 1.29. The van der Waals surface area contributed by atoms with Crippen LogP contribution in [0, 0.1) is 0 Å². The van der Waals surface area contributed by atoms with Gasteiger partial charge in [0.1, 0.15) is 10.6 Å². The molecule has 23 heavy (non-hydrogen) atoms. The number of para-hydroxylation sites is 1. The lowest BCUT2D eigenvalue weighted by Crippen LogP contribution is -2.48. The Morgan fingerprint density at radius 2 is 1.87 bits per heavy atom. The molecule has 1 saturated heterocycles. The number of piperazine rings is 1. The Kier molecular flexibility index (Phi) is 5.01. The average molecular weight is 352 g/mol. The summed E-state index contributed by atoms with van der Waals surface area (Å²) in [5, 5.41) is 4.20. The third-order valence-electron chi connectivity index (χ3n) is 4.00. The van der Waals surface area contributed by atoms with E-state index in [0.29, 0.717) is 18.8 Å². The van der Waals surface area contributed by atoms with Gasteiger partial charge in [0.05, 0.1) is 7.11 Å². The molecule has 1 aromatic carbocycles. The fourth-order valence-electron chi connectivity index (χ4n) is 2.74. The second kappa shape index (κ2) is 7.00. The molecule has 1 aliphatic rings. The number of sulfonamides is 1. The summed E-state index contributed by atoms with van der Waals surface area (Å²) < 4.78 is 32.4. The van der Waals surface area contributed by atoms with E-state index in [0.717, 1.165) is 19.6 Å². The molecule has 0 unspecified atom stereocenters. The van der Waals surface area contributed by atoms with Crippen molar-refractivity contribution in [1.82, 2.24) is 9.21 Å². The molecule has 0 atom stereocenters. The second-order valence-electron chi connectivity index (χ2n) is 5.46. The lowest BCUT2D eigenvalue weighted by molar-refractivity contribution is 0.181. The highest BCUT2D eigenvalue weighted by Crippen LogP contribution is 2.27. The monoisotopic (exact) mass is 352 g/mol. The molecule has 0 amide bonds. The van der Waals surface area contributed by atoms with Crippen LogP contribution < -0.4 is 4.74 Å². The van der Waals surface area contributed by atoms with Gasteiger partial charge in [0.2, 0.25) is 10.0 Å². The molecule has 0 radical (unpaired) electrons. The predicted octanol–water partition coefficient (Wildman–Crippen LogP) is 2.26. The third-order valence-corrected chi connectivity index (χ3v) is 6.67. The summed E-state index contributed by atoms with van der Waals surface area (Å²) in [5.74, 6) is 0.396. The molecule has 5 nitrogen and oxygen atoms in total. The van der Waals surface area contributed by atoms with E-state index in [4.69, 9.17) is 4.74 Å². The fourth-order valence-corrected chi connectivity index (χ4v) is 4.98. The van der Waals surface area contributed by atoms with Crippen molar-refractivity contribution in [3.63, 3.8) is 0 Å². The van der Waals surface area contributed by atoms with Crippen molar-refractivity contribution in [2.75, 3.05) is 33.3 Å². The number of thiophene rings is 1. The first-order valence-electron chi connectivity index (χ1n) is 7.48. The van der Waals surface area contributed by atoms with E-state index in [1.807, 2.05) is 0 Å². The molecule has 0 saturated carbocycles. The van der Waals surface area contributed by atoms with Gasteiger partial charge >= 0.3 is 0 Å². The summed E-state index contributed by atoms with van der Waals surface area (Å²) in [4.78, 5) is 2.53. The SMILES string of the molecule is COc1ccccc1S(=O)(=O)N1CCN(Cc2ccsc2)CC1. The van der Waals surface area contributed by atoms with Gasteiger partial charge in [-0.2, -0.15) is 15.6 Å². The van der Waals surface area contributed by atoms with Crippen LogP contribution in [-0.4, -0.2) is 50.9 Å². The van der Waals surface area contributed by atoms with Crippen LogP contribution in [-0.2, 0) is 16.6 Å². The summed E-state index contributed by atoms with van der Waals surface area (Å²) in [7, 11) is -2.01. The number of hydrogen-bond donors (Lipinski definition) is 0. The van der Waals surface area contributed by atoms with Crippen molar-refractivity contribution in [2.45, 2.75) is 11.4 Å². The number of benzene rings is 1. The minimum Gasteiger partial charge on any atom is -0.495 e. The standard InChI is InChI=1S/C16H20N2O3S2/c1-21-15-4-2-3-5-16(15)23(19,20)18-9-7-17(8-10-18)12-14-6-11-22-13-14/h2-6,11,13H,7-10,12H2,1H3. The van der Waals surface area contributed by atoms with Crippen LogP contribution in [0.2, 0.25) is 0 Å². The Balaban J connectivity index is 1.69. The van der Waals surface area contributed by atoms with E-state index < -0.39 is 10.0 Å². The Hall–Kier alpha value is -1.41. The van der Waals surface area contributed by atoms with Crippen molar-refractivity contribution in [3.8, 4) is 5.75 Å². The lowest BCUT2D eigenvalue weighted by Gasteiger charge is -2.34. The van der Waals surface area contributed by atoms with Gasteiger partial charge in [0, 0.05) is 32.7 Å². The first-order valence-corrected chi connectivity index (χ1v) is 9.86. The molecule has 3 rings (SSSR count). The fraction of sp³-hybridized carbons (Fsp3) is 0.375. The van der Waals surface area contributed by atoms with Gasteiger partial charge in [0.15, 0.2) is 0 Å². The highest BCUT2D eigenvalue weighted by molar-refractivity contribution is 7.89. The molecule has 1 aliphatic heterocycles. The Labute approximate surface area is 141 Å². The Morgan fingerprint density at radius 1 is 1.13 bits per heavy atom. The molecule has 2 heterocycles. The smallest absolute Gasteiger partial charge is 0.246 e. The molecule has 124 valence electrons. The average Bonchev–Trinajstić information content (AvgIpc) is 3.08. The van der Waals surface area contributed by atoms with Crippen LogP contribution in [0.25, 0.3) is 0 Å². The third kappa shape index (κ3) is 3.58. The topological polar surface area (TPSA) is 49.9 Å². The number of methoxy groups -OCH3 is 1. The molecule has 1 aromatic heterocycles. The maximum absolute atomic E-state index is 12.8. The van der Waals surface area contributed by atoms with Crippen LogP contribution >= 0.6 is 11.3 Å². The Morgan fingerprint density at radius 3 is 2.52 bits per heavy atom. The molecule has 0 bridgehead atoms. The summed E-state index contributed by atoms with van der Waals surface area (Å²) >= 11 is 1.69. The molecule has 0 aliphatic carbocycles. The Bertz CT molecular complexity index is 736. The van der Waals surface area contributed by atoms with Crippen molar-refractivity contribution >= 4 is 21.4 Å². The highest BCUT2D eigenvalue weighted by Gasteiger charge is 2.30. The van der Waals surface area contributed by atoms with Gasteiger partial charge in [-0.3, -0.25) is 4.90 Å². The molecule has 7 heteroatoms. The van der Waals surface area contributed by atoms with Gasteiger partial charge in [-0.1, -0.05) is 12.1 Å². The first-order chi connectivity index (χ1) is 11.1. The largest absolute Gasteiger partial charge is 0.495 e. The van der Waals surface area contributed by atoms with Crippen molar-refractivity contribution < 1.29 is 13.2 Å². The summed E-state index contributed by atoms with van der Waals surface area (Å²) in [6.07, 6.45) is 0. The van der Waals surface area contributed by atoms with Crippen LogP contribution in [0.5, 0.6) is 5.75 Å². The van der Waals surface area contributed by atoms with Gasteiger partial charge in [-0.05, 0) is 34.5 Å². The van der Waals surface area contributed by atoms with Crippen molar-refractivity contribution in [2.24, 2.45) is 0 Å². The molecule has 1 fully saturated rings. The van der Waals surface area contributed by atoms with Crippen LogP contribution in [0.15, 0.2) is 46.0 Å². The van der Waals surface area contributed by atoms with E-state index >= 15 is 0 Å². The number of hydrogen-bond acceptors (Lipinski definition) is 5. The van der Waals surface area contributed by atoms with E-state index in [2.05, 4.69) is 21.7 Å². The van der Waals surface area contributed by atoms with Gasteiger partial charge in [-0.15, -0.1) is 0 Å². The zero-order valence-electron chi connectivity index (χ0n) is 13.0. The van der Waals surface area contributed by atoms with Crippen LogP contribution in [0.1, 0.15) is 5.56 Å². The van der Waals surface area contributed by atoms with E-state index in [9.17, 15) is 8.42 Å². The van der Waals surface area contributed by atoms with Gasteiger partial charge in [-0.25, -0.2) is 8.42 Å². The van der Waals surface area contributed by atoms with Crippen LogP contribution in [0.4, 0.5) is 0 Å². The number of nitrogens with zero attached hydrogens (tertiary/aromatic N) is 2. The summed E-state index contributed by atoms with van der Waals surface area (Å²) in [6, 6.07) is 8.90. The molecule has 0 N–H and O–H groups in total. The van der Waals surface area contributed by atoms with Gasteiger partial charge < -0.3 is 4.74 Å². The molecule has 0 spiro atoms. The lowest BCUT2D eigenvalue weighted by atomic mass is 10.3. The quantitative estimate of drug-likeness (QED) is 0.828. The zero-order valence-corrected chi connectivity index (χ0v) is 14.6. The van der Waals surface area contributed by atoms with Crippen molar-refractivity contribution in [3.05, 3.63) is 46.7 Å². The zero-order chi connectivity index (χ0) is 16.3. The molecular formula is C16H20N2O3S2.